The minimum atomic E-state index is -0.492. The molecule has 6 aromatic heterocycles. The zero-order chi connectivity index (χ0) is 45.6. The SMILES string of the molecule is Cc1ccc2c(Cc3cccc(Cl)c3F)nccc2c1NC(=O)c1csc2c(NOc3ccc(C(=O)c4nccc5c(NC(=O)c6csc7c(N)ncnc67)c(C)ccc45)cc3)ncnc12. The van der Waals surface area contributed by atoms with E-state index in [-0.39, 0.29) is 34.7 Å². The second-order valence-corrected chi connectivity index (χ2v) is 17.3. The van der Waals surface area contributed by atoms with Crippen molar-refractivity contribution in [2.75, 3.05) is 21.8 Å². The summed E-state index contributed by atoms with van der Waals surface area (Å²) in [5.41, 5.74) is 14.8. The monoisotopic (exact) mass is 930 g/mol. The second-order valence-electron chi connectivity index (χ2n) is 15.1. The number of aromatic nitrogens is 6. The third-order valence-electron chi connectivity index (χ3n) is 11.1. The number of aryl methyl sites for hydroxylation is 2. The number of ketones is 1. The predicted octanol–water partition coefficient (Wildman–Crippen LogP) is 10.5. The number of nitrogens with zero attached hydrogens (tertiary/aromatic N) is 6. The molecule has 0 spiro atoms. The molecule has 0 saturated heterocycles. The number of thiophene rings is 2. The Hall–Kier alpha value is -7.99. The van der Waals surface area contributed by atoms with Gasteiger partial charge in [0.1, 0.15) is 30.0 Å². The second kappa shape index (κ2) is 17.2. The molecule has 18 heteroatoms. The largest absolute Gasteiger partial charge is 0.382 e. The van der Waals surface area contributed by atoms with E-state index in [1.54, 1.807) is 59.4 Å². The highest BCUT2D eigenvalue weighted by Gasteiger charge is 2.22. The quantitative estimate of drug-likeness (QED) is 0.0708. The maximum Gasteiger partial charge on any atom is 0.258 e. The van der Waals surface area contributed by atoms with E-state index < -0.39 is 5.82 Å². The van der Waals surface area contributed by atoms with Crippen LogP contribution in [0.5, 0.6) is 5.75 Å². The fourth-order valence-corrected chi connectivity index (χ4v) is 9.73. The number of amides is 2. The zero-order valence-electron chi connectivity index (χ0n) is 34.6. The summed E-state index contributed by atoms with van der Waals surface area (Å²) in [5, 5.41) is 12.2. The molecule has 5 N–H and O–H groups in total. The van der Waals surface area contributed by atoms with Crippen LogP contribution in [0.25, 0.3) is 42.0 Å². The van der Waals surface area contributed by atoms with Crippen LogP contribution in [-0.4, -0.2) is 47.5 Å². The van der Waals surface area contributed by atoms with E-state index in [2.05, 4.69) is 46.0 Å². The first kappa shape index (κ1) is 42.0. The number of carbonyl (C=O) groups excluding carboxylic acids is 3. The third-order valence-corrected chi connectivity index (χ3v) is 13.3. The molecule has 0 radical (unpaired) electrons. The van der Waals surface area contributed by atoms with E-state index in [0.29, 0.717) is 87.9 Å². The molecule has 0 bridgehead atoms. The van der Waals surface area contributed by atoms with Gasteiger partial charge in [0, 0.05) is 56.7 Å². The lowest BCUT2D eigenvalue weighted by molar-refractivity contribution is 0.102. The molecule has 2 amide bonds. The fraction of sp³-hybridized carbons (Fsp3) is 0.0625. The van der Waals surface area contributed by atoms with E-state index >= 15 is 0 Å². The smallest absolute Gasteiger partial charge is 0.258 e. The van der Waals surface area contributed by atoms with Gasteiger partial charge in [-0.2, -0.15) is 0 Å². The van der Waals surface area contributed by atoms with E-state index in [9.17, 15) is 18.8 Å². The molecule has 0 fully saturated rings. The van der Waals surface area contributed by atoms with Crippen LogP contribution >= 0.6 is 34.3 Å². The average molecular weight is 931 g/mol. The summed E-state index contributed by atoms with van der Waals surface area (Å²) in [6.45, 7) is 3.76. The van der Waals surface area contributed by atoms with Crippen LogP contribution in [0.4, 0.5) is 27.4 Å². The number of benzene rings is 4. The standard InChI is InChI=1S/C48H32ClFN10O4S2/c1-23-6-12-28-30(14-16-52-35(28)18-26-4-3-5-34(49)36(26)50)37(23)58-48(63)33-20-66-44-41(33)55-22-57-46(44)60-64-27-10-8-25(9-11-27)42(61)39-29-13-7-24(2)38(31(29)15-17-53-39)59-47(62)32-19-65-43-40(32)54-21-56-45(43)51/h3-17,19-22H,18H2,1-2H3,(H,58,63)(H,59,62)(H2,51,54,56)(H,55,57,60). The summed E-state index contributed by atoms with van der Waals surface area (Å²) in [4.78, 5) is 73.3. The third kappa shape index (κ3) is 7.63. The molecule has 14 nitrogen and oxygen atoms in total. The number of nitrogens with two attached hydrogens (primary N) is 1. The molecule has 4 aromatic carbocycles. The summed E-state index contributed by atoms with van der Waals surface area (Å²) in [6.07, 6.45) is 6.04. The number of pyridine rings is 2. The van der Waals surface area contributed by atoms with Crippen molar-refractivity contribution in [3.8, 4) is 5.75 Å². The van der Waals surface area contributed by atoms with Gasteiger partial charge in [0.2, 0.25) is 5.78 Å². The molecule has 0 aliphatic carbocycles. The molecule has 0 atom stereocenters. The van der Waals surface area contributed by atoms with Crippen LogP contribution in [0.3, 0.4) is 0 Å². The number of rotatable bonds is 11. The lowest BCUT2D eigenvalue weighted by Gasteiger charge is -2.14. The summed E-state index contributed by atoms with van der Waals surface area (Å²) in [7, 11) is 0. The van der Waals surface area contributed by atoms with Crippen molar-refractivity contribution in [1.29, 1.82) is 0 Å². The molecule has 0 saturated carbocycles. The van der Waals surface area contributed by atoms with E-state index in [0.717, 1.165) is 21.9 Å². The van der Waals surface area contributed by atoms with E-state index in [1.807, 2.05) is 44.2 Å². The number of halogens is 2. The predicted molar refractivity (Wildman–Crippen MR) is 256 cm³/mol. The molecule has 324 valence electrons. The van der Waals surface area contributed by atoms with E-state index in [1.165, 1.54) is 47.6 Å². The normalized spacial score (nSPS) is 11.3. The van der Waals surface area contributed by atoms with Gasteiger partial charge >= 0.3 is 0 Å². The summed E-state index contributed by atoms with van der Waals surface area (Å²) >= 11 is 8.60. The Labute approximate surface area is 386 Å². The summed E-state index contributed by atoms with van der Waals surface area (Å²) in [5.74, 6) is -0.565. The van der Waals surface area contributed by atoms with Gasteiger partial charge in [0.05, 0.1) is 53.7 Å². The van der Waals surface area contributed by atoms with Gasteiger partial charge in [0.15, 0.2) is 11.6 Å². The number of anilines is 4. The van der Waals surface area contributed by atoms with Crippen molar-refractivity contribution >= 4 is 117 Å². The molecule has 10 rings (SSSR count). The summed E-state index contributed by atoms with van der Waals surface area (Å²) in [6, 6.07) is 22.4. The minimum Gasteiger partial charge on any atom is -0.382 e. The van der Waals surface area contributed by atoms with E-state index in [4.69, 9.17) is 22.2 Å². The first-order chi connectivity index (χ1) is 32.0. The highest BCUT2D eigenvalue weighted by atomic mass is 35.5. The molecule has 0 aliphatic heterocycles. The number of carbonyl (C=O) groups is 3. The van der Waals surface area contributed by atoms with Crippen LogP contribution in [0, 0.1) is 19.7 Å². The molecule has 66 heavy (non-hydrogen) atoms. The Balaban J connectivity index is 0.841. The van der Waals surface area contributed by atoms with Crippen molar-refractivity contribution in [3.05, 3.63) is 170 Å². The van der Waals surface area contributed by atoms with Crippen LogP contribution in [0.2, 0.25) is 5.02 Å². The number of fused-ring (bicyclic) bond motifs is 4. The van der Waals surface area contributed by atoms with Crippen molar-refractivity contribution < 1.29 is 23.6 Å². The number of hydrogen-bond acceptors (Lipinski definition) is 14. The van der Waals surface area contributed by atoms with Gasteiger partial charge in [-0.05, 0) is 73.0 Å². The Morgan fingerprint density at radius 2 is 1.32 bits per heavy atom. The minimum absolute atomic E-state index is 0.0385. The Morgan fingerprint density at radius 3 is 2.03 bits per heavy atom. The zero-order valence-corrected chi connectivity index (χ0v) is 37.0. The van der Waals surface area contributed by atoms with Crippen molar-refractivity contribution in [1.82, 2.24) is 29.9 Å². The Kier molecular flexibility index (Phi) is 10.9. The van der Waals surface area contributed by atoms with Crippen LogP contribution in [0.15, 0.2) is 115 Å². The number of hydrogen-bond donors (Lipinski definition) is 4. The van der Waals surface area contributed by atoms with Gasteiger partial charge < -0.3 is 21.2 Å². The van der Waals surface area contributed by atoms with Crippen molar-refractivity contribution in [2.45, 2.75) is 20.3 Å². The van der Waals surface area contributed by atoms with Crippen LogP contribution < -0.4 is 26.7 Å². The highest BCUT2D eigenvalue weighted by Crippen LogP contribution is 2.35. The molecule has 6 heterocycles. The lowest BCUT2D eigenvalue weighted by Crippen LogP contribution is -2.14. The Morgan fingerprint density at radius 1 is 0.697 bits per heavy atom. The van der Waals surface area contributed by atoms with Gasteiger partial charge in [-0.25, -0.2) is 29.8 Å². The average Bonchev–Trinajstić information content (AvgIpc) is 3.98. The van der Waals surface area contributed by atoms with Crippen molar-refractivity contribution in [2.24, 2.45) is 0 Å². The van der Waals surface area contributed by atoms with Gasteiger partial charge in [-0.1, -0.05) is 48.0 Å². The first-order valence-electron chi connectivity index (χ1n) is 20.1. The Bertz CT molecular complexity index is 3620. The lowest BCUT2D eigenvalue weighted by atomic mass is 9.99. The summed E-state index contributed by atoms with van der Waals surface area (Å²) < 4.78 is 16.0. The topological polar surface area (TPSA) is 200 Å². The number of nitrogens with one attached hydrogen (secondary N) is 3. The van der Waals surface area contributed by atoms with Gasteiger partial charge in [0.25, 0.3) is 11.8 Å². The highest BCUT2D eigenvalue weighted by molar-refractivity contribution is 7.18. The van der Waals surface area contributed by atoms with Crippen LogP contribution in [-0.2, 0) is 6.42 Å². The molecular formula is C48H32ClFN10O4S2. The molecule has 0 aliphatic rings. The molecule has 10 aromatic rings. The fourth-order valence-electron chi connectivity index (χ4n) is 7.70. The first-order valence-corrected chi connectivity index (χ1v) is 22.3. The molecular weight excluding hydrogens is 899 g/mol. The van der Waals surface area contributed by atoms with Gasteiger partial charge in [-0.3, -0.25) is 24.4 Å². The maximum atomic E-state index is 14.8. The van der Waals surface area contributed by atoms with Crippen molar-refractivity contribution in [3.63, 3.8) is 0 Å². The maximum absolute atomic E-state index is 14.8. The number of nitrogen functional groups attached to an aromatic ring is 1. The van der Waals surface area contributed by atoms with Crippen LogP contribution in [0.1, 0.15) is 59.2 Å². The molecule has 0 unspecified atom stereocenters. The van der Waals surface area contributed by atoms with Gasteiger partial charge in [-0.15, -0.1) is 22.7 Å².